The summed E-state index contributed by atoms with van der Waals surface area (Å²) in [5, 5.41) is 14.9. The minimum Gasteiger partial charge on any atom is -0.465 e. The minimum absolute atomic E-state index is 0.0139. The summed E-state index contributed by atoms with van der Waals surface area (Å²) in [5.41, 5.74) is 8.44. The molecular formula is C14H14FN5O3S. The van der Waals surface area contributed by atoms with Crippen LogP contribution in [0.5, 0.6) is 0 Å². The molecule has 2 N–H and O–H groups in total. The highest BCUT2D eigenvalue weighted by molar-refractivity contribution is 8.13. The van der Waals surface area contributed by atoms with Crippen LogP contribution in [-0.4, -0.2) is 35.3 Å². The molecule has 1 unspecified atom stereocenters. The summed E-state index contributed by atoms with van der Waals surface area (Å²) in [6, 6.07) is 4.31. The zero-order valence-electron chi connectivity index (χ0n) is 12.5. The minimum atomic E-state index is -1.18. The number of amidine groups is 1. The fraction of sp³-hybridized carbons (Fsp3) is 0.429. The summed E-state index contributed by atoms with van der Waals surface area (Å²) in [6.45, 7) is 0.935. The molecule has 1 fully saturated rings. The molecule has 3 rings (SSSR count). The average molecular weight is 351 g/mol. The van der Waals surface area contributed by atoms with E-state index in [4.69, 9.17) is 15.4 Å². The lowest BCUT2D eigenvalue weighted by molar-refractivity contribution is 0.01000. The molecule has 0 spiro atoms. The fourth-order valence-corrected chi connectivity index (χ4v) is 4.15. The second-order valence-corrected chi connectivity index (χ2v) is 6.47. The number of azide groups is 1. The van der Waals surface area contributed by atoms with E-state index in [-0.39, 0.29) is 11.6 Å². The number of fused-ring (bicyclic) bond motifs is 1. The normalized spacial score (nSPS) is 25.9. The molecule has 1 aromatic carbocycles. The number of rotatable bonds is 2. The third-order valence-electron chi connectivity index (χ3n) is 4.16. The first-order valence-electron chi connectivity index (χ1n) is 7.20. The van der Waals surface area contributed by atoms with Gasteiger partial charge in [0, 0.05) is 29.6 Å². The number of amides is 1. The van der Waals surface area contributed by atoms with Crippen LogP contribution in [0.3, 0.4) is 0 Å². The monoisotopic (exact) mass is 351 g/mol. The number of halogens is 1. The van der Waals surface area contributed by atoms with E-state index in [1.165, 1.54) is 23.9 Å². The summed E-state index contributed by atoms with van der Waals surface area (Å²) < 4.78 is 19.3. The van der Waals surface area contributed by atoms with Gasteiger partial charge in [-0.2, -0.15) is 0 Å². The molecule has 1 saturated heterocycles. The van der Waals surface area contributed by atoms with Crippen LogP contribution in [0.4, 0.5) is 14.9 Å². The van der Waals surface area contributed by atoms with Gasteiger partial charge in [0.15, 0.2) is 5.17 Å². The van der Waals surface area contributed by atoms with E-state index in [0.29, 0.717) is 36.1 Å². The van der Waals surface area contributed by atoms with E-state index >= 15 is 0 Å². The topological polar surface area (TPSA) is 120 Å². The lowest BCUT2D eigenvalue weighted by Crippen LogP contribution is -2.47. The van der Waals surface area contributed by atoms with Crippen LogP contribution in [0.1, 0.15) is 12.0 Å². The van der Waals surface area contributed by atoms with Crippen molar-refractivity contribution in [1.29, 1.82) is 0 Å². The third-order valence-corrected chi connectivity index (χ3v) is 5.19. The molecule has 10 heteroatoms. The molecule has 2 aliphatic rings. The van der Waals surface area contributed by atoms with Crippen molar-refractivity contribution in [2.24, 2.45) is 16.0 Å². The van der Waals surface area contributed by atoms with E-state index in [2.05, 4.69) is 20.3 Å². The maximum absolute atomic E-state index is 13.8. The van der Waals surface area contributed by atoms with E-state index in [9.17, 15) is 9.18 Å². The van der Waals surface area contributed by atoms with Crippen LogP contribution in [0.25, 0.3) is 10.4 Å². The molecule has 0 aromatic heterocycles. The predicted molar refractivity (Wildman–Crippen MR) is 86.9 cm³/mol. The lowest BCUT2D eigenvalue weighted by Gasteiger charge is -2.44. The van der Waals surface area contributed by atoms with Gasteiger partial charge in [0.1, 0.15) is 5.82 Å². The van der Waals surface area contributed by atoms with Crippen LogP contribution in [-0.2, 0) is 10.3 Å². The molecule has 1 aromatic rings. The molecule has 0 aliphatic carbocycles. The Bertz CT molecular complexity index is 752. The van der Waals surface area contributed by atoms with Crippen LogP contribution < -0.4 is 5.32 Å². The van der Waals surface area contributed by atoms with Gasteiger partial charge in [0.25, 0.3) is 0 Å². The van der Waals surface area contributed by atoms with Crippen molar-refractivity contribution in [1.82, 2.24) is 5.32 Å². The maximum atomic E-state index is 13.8. The van der Waals surface area contributed by atoms with Crippen LogP contribution in [0, 0.1) is 11.7 Å². The van der Waals surface area contributed by atoms with Gasteiger partial charge in [0.2, 0.25) is 0 Å². The first-order chi connectivity index (χ1) is 11.5. The number of nitrogens with one attached hydrogen (secondary N) is 1. The lowest BCUT2D eigenvalue weighted by atomic mass is 9.75. The van der Waals surface area contributed by atoms with Crippen LogP contribution in [0.15, 0.2) is 28.3 Å². The molecule has 2 atom stereocenters. The second-order valence-electron chi connectivity index (χ2n) is 5.46. The Morgan fingerprint density at radius 3 is 3.21 bits per heavy atom. The van der Waals surface area contributed by atoms with Crippen molar-refractivity contribution in [3.8, 4) is 0 Å². The van der Waals surface area contributed by atoms with Gasteiger partial charge in [-0.15, -0.1) is 0 Å². The maximum Gasteiger partial charge on any atom is 0.410 e. The van der Waals surface area contributed by atoms with Crippen molar-refractivity contribution >= 4 is 28.7 Å². The summed E-state index contributed by atoms with van der Waals surface area (Å²) in [4.78, 5) is 18.2. The molecule has 24 heavy (non-hydrogen) atoms. The summed E-state index contributed by atoms with van der Waals surface area (Å²) in [6.07, 6.45) is -0.652. The van der Waals surface area contributed by atoms with Gasteiger partial charge in [-0.05, 0) is 23.2 Å². The predicted octanol–water partition coefficient (Wildman–Crippen LogP) is 3.37. The average Bonchev–Trinajstić information content (AvgIpc) is 2.56. The number of aliphatic imine (C=N–C) groups is 1. The first-order valence-corrected chi connectivity index (χ1v) is 8.19. The van der Waals surface area contributed by atoms with Gasteiger partial charge in [-0.1, -0.05) is 22.9 Å². The van der Waals surface area contributed by atoms with E-state index < -0.39 is 17.4 Å². The molecule has 126 valence electrons. The fourth-order valence-electron chi connectivity index (χ4n) is 3.03. The van der Waals surface area contributed by atoms with Crippen molar-refractivity contribution in [3.63, 3.8) is 0 Å². The smallest absolute Gasteiger partial charge is 0.410 e. The summed E-state index contributed by atoms with van der Waals surface area (Å²) in [5.74, 6) is 0.0162. The molecule has 0 bridgehead atoms. The van der Waals surface area contributed by atoms with E-state index in [0.717, 1.165) is 0 Å². The SMILES string of the molecule is [N-]=[N+]=Nc1cc([C@]23CCOCC2CSC(NC(=O)O)=N3)ccc1F. The number of carbonyl (C=O) groups is 1. The van der Waals surface area contributed by atoms with E-state index in [1.54, 1.807) is 6.07 Å². The molecule has 0 saturated carbocycles. The van der Waals surface area contributed by atoms with Gasteiger partial charge >= 0.3 is 6.09 Å². The van der Waals surface area contributed by atoms with Crippen LogP contribution >= 0.6 is 11.8 Å². The van der Waals surface area contributed by atoms with Crippen molar-refractivity contribution in [3.05, 3.63) is 40.0 Å². The van der Waals surface area contributed by atoms with E-state index in [1.807, 2.05) is 0 Å². The first kappa shape index (κ1) is 16.6. The Balaban J connectivity index is 2.09. The quantitative estimate of drug-likeness (QED) is 0.482. The highest BCUT2D eigenvalue weighted by Crippen LogP contribution is 2.46. The molecule has 0 radical (unpaired) electrons. The number of carboxylic acid groups (broad SMARTS) is 1. The largest absolute Gasteiger partial charge is 0.465 e. The van der Waals surface area contributed by atoms with Gasteiger partial charge in [-0.3, -0.25) is 10.3 Å². The molecule has 2 aliphatic heterocycles. The number of hydrogen-bond acceptors (Lipinski definition) is 5. The summed E-state index contributed by atoms with van der Waals surface area (Å²) >= 11 is 1.31. The Hall–Kier alpha value is -2.29. The Labute approximate surface area is 140 Å². The zero-order chi connectivity index (χ0) is 17.2. The third kappa shape index (κ3) is 3.03. The molecule has 8 nitrogen and oxygen atoms in total. The van der Waals surface area contributed by atoms with Gasteiger partial charge in [0.05, 0.1) is 17.8 Å². The number of benzene rings is 1. The number of thioether (sulfide) groups is 1. The molecular weight excluding hydrogens is 337 g/mol. The van der Waals surface area contributed by atoms with Gasteiger partial charge < -0.3 is 9.84 Å². The summed E-state index contributed by atoms with van der Waals surface area (Å²) in [7, 11) is 0. The second kappa shape index (κ2) is 6.68. The molecule has 2 heterocycles. The Morgan fingerprint density at radius 1 is 1.62 bits per heavy atom. The zero-order valence-corrected chi connectivity index (χ0v) is 13.3. The molecule has 1 amide bonds. The number of hydrogen-bond donors (Lipinski definition) is 2. The van der Waals surface area contributed by atoms with Crippen LogP contribution in [0.2, 0.25) is 0 Å². The number of ether oxygens (including phenoxy) is 1. The Morgan fingerprint density at radius 2 is 2.46 bits per heavy atom. The Kier molecular flexibility index (Phi) is 4.61. The van der Waals surface area contributed by atoms with Crippen molar-refractivity contribution < 1.29 is 19.0 Å². The van der Waals surface area contributed by atoms with Crippen molar-refractivity contribution in [2.45, 2.75) is 12.0 Å². The standard InChI is InChI=1S/C14H14FN5O3S/c15-10-2-1-8(5-11(10)19-20-16)14-3-4-23-6-9(14)7-24-12(18-14)17-13(21)22/h1-2,5,9H,3-4,6-7H2,(H,17,18)(H,21,22)/t9?,14-/m1/s1. The highest BCUT2D eigenvalue weighted by atomic mass is 32.2. The van der Waals surface area contributed by atoms with Gasteiger partial charge in [-0.25, -0.2) is 9.18 Å². The van der Waals surface area contributed by atoms with Crippen molar-refractivity contribution in [2.75, 3.05) is 19.0 Å². The highest BCUT2D eigenvalue weighted by Gasteiger charge is 2.46. The number of nitrogens with zero attached hydrogens (tertiary/aromatic N) is 4.